The maximum absolute atomic E-state index is 13.1. The molecule has 174 valence electrons. The summed E-state index contributed by atoms with van der Waals surface area (Å²) in [6, 6.07) is 3.74. The number of oxazole rings is 1. The summed E-state index contributed by atoms with van der Waals surface area (Å²) in [6.07, 6.45) is 2.84. The van der Waals surface area contributed by atoms with Crippen LogP contribution in [0, 0.1) is 22.0 Å². The molecule has 32 heavy (non-hydrogen) atoms. The number of carbonyl (C=O) groups is 2. The Kier molecular flexibility index (Phi) is 9.19. The summed E-state index contributed by atoms with van der Waals surface area (Å²) in [5.41, 5.74) is 0.105. The van der Waals surface area contributed by atoms with Crippen molar-refractivity contribution in [3.05, 3.63) is 56.7 Å². The number of halogens is 1. The molecule has 0 saturated carbocycles. The number of amides is 2. The van der Waals surface area contributed by atoms with Gasteiger partial charge in [-0.25, -0.2) is 4.98 Å². The summed E-state index contributed by atoms with van der Waals surface area (Å²) in [6.45, 7) is 9.19. The van der Waals surface area contributed by atoms with Crippen LogP contribution in [0.1, 0.15) is 67.3 Å². The number of rotatable bonds is 11. The van der Waals surface area contributed by atoms with Crippen LogP contribution in [0.2, 0.25) is 5.02 Å². The van der Waals surface area contributed by atoms with Crippen molar-refractivity contribution in [2.75, 3.05) is 13.1 Å². The van der Waals surface area contributed by atoms with Gasteiger partial charge in [0.2, 0.25) is 5.89 Å². The van der Waals surface area contributed by atoms with E-state index in [9.17, 15) is 19.7 Å². The zero-order chi connectivity index (χ0) is 23.8. The highest BCUT2D eigenvalue weighted by Crippen LogP contribution is 2.24. The Morgan fingerprint density at radius 1 is 1.22 bits per heavy atom. The van der Waals surface area contributed by atoms with Gasteiger partial charge in [0.25, 0.3) is 17.5 Å². The number of benzene rings is 1. The van der Waals surface area contributed by atoms with Gasteiger partial charge < -0.3 is 14.6 Å². The second-order valence-corrected chi connectivity index (χ2v) is 8.80. The molecule has 0 saturated heterocycles. The van der Waals surface area contributed by atoms with Crippen molar-refractivity contribution in [1.29, 1.82) is 0 Å². The molecule has 2 rings (SSSR count). The fourth-order valence-electron chi connectivity index (χ4n) is 2.84. The molecule has 1 aromatic carbocycles. The number of nitrogens with zero attached hydrogens (tertiary/aromatic N) is 3. The zero-order valence-electron chi connectivity index (χ0n) is 18.8. The molecule has 0 bridgehead atoms. The van der Waals surface area contributed by atoms with Crippen LogP contribution in [0.15, 0.2) is 28.9 Å². The van der Waals surface area contributed by atoms with Crippen LogP contribution in [0.25, 0.3) is 0 Å². The zero-order valence-corrected chi connectivity index (χ0v) is 19.5. The number of nitro benzene ring substituents is 1. The summed E-state index contributed by atoms with van der Waals surface area (Å²) in [7, 11) is 0. The number of aromatic nitrogens is 1. The standard InChI is InChI=1S/C22H29ClN4O5/c1-14(2)7-9-24-21(28)19-13-32-20(25-19)12-26(10-8-15(3)4)22(29)17-6-5-16(27(30)31)11-18(17)23/h5-6,11,13-15H,7-10,12H2,1-4H3,(H,24,28). The molecule has 1 N–H and O–H groups in total. The lowest BCUT2D eigenvalue weighted by Gasteiger charge is -2.22. The van der Waals surface area contributed by atoms with Gasteiger partial charge in [-0.05, 0) is 30.7 Å². The van der Waals surface area contributed by atoms with Gasteiger partial charge in [0, 0.05) is 25.2 Å². The predicted molar refractivity (Wildman–Crippen MR) is 121 cm³/mol. The lowest BCUT2D eigenvalue weighted by atomic mass is 10.1. The monoisotopic (exact) mass is 464 g/mol. The van der Waals surface area contributed by atoms with Crippen LogP contribution < -0.4 is 5.32 Å². The molecular weight excluding hydrogens is 436 g/mol. The van der Waals surface area contributed by atoms with Crippen molar-refractivity contribution < 1.29 is 18.9 Å². The average molecular weight is 465 g/mol. The first kappa shape index (κ1) is 25.3. The summed E-state index contributed by atoms with van der Waals surface area (Å²) in [5, 5.41) is 13.7. The smallest absolute Gasteiger partial charge is 0.273 e. The van der Waals surface area contributed by atoms with E-state index in [2.05, 4.69) is 24.1 Å². The van der Waals surface area contributed by atoms with Gasteiger partial charge in [-0.1, -0.05) is 39.3 Å². The van der Waals surface area contributed by atoms with Gasteiger partial charge in [-0.3, -0.25) is 19.7 Å². The Balaban J connectivity index is 2.16. The molecule has 10 heteroatoms. The molecule has 0 radical (unpaired) electrons. The first-order valence-electron chi connectivity index (χ1n) is 10.5. The molecule has 0 aliphatic rings. The minimum Gasteiger partial charge on any atom is -0.446 e. The fourth-order valence-corrected chi connectivity index (χ4v) is 3.10. The molecule has 0 atom stereocenters. The lowest BCUT2D eigenvalue weighted by molar-refractivity contribution is -0.384. The minimum atomic E-state index is -0.572. The normalized spacial score (nSPS) is 11.1. The minimum absolute atomic E-state index is 0.00336. The van der Waals surface area contributed by atoms with E-state index >= 15 is 0 Å². The van der Waals surface area contributed by atoms with E-state index in [-0.39, 0.29) is 40.3 Å². The molecule has 2 aromatic rings. The lowest BCUT2D eigenvalue weighted by Crippen LogP contribution is -2.32. The van der Waals surface area contributed by atoms with Crippen LogP contribution >= 0.6 is 11.6 Å². The number of nitrogens with one attached hydrogen (secondary N) is 1. The van der Waals surface area contributed by atoms with Crippen molar-refractivity contribution in [2.24, 2.45) is 11.8 Å². The molecule has 0 aliphatic heterocycles. The van der Waals surface area contributed by atoms with Crippen LogP contribution in [-0.4, -0.2) is 39.7 Å². The van der Waals surface area contributed by atoms with Crippen molar-refractivity contribution in [2.45, 2.75) is 47.1 Å². The first-order chi connectivity index (χ1) is 15.1. The highest BCUT2D eigenvalue weighted by Gasteiger charge is 2.23. The summed E-state index contributed by atoms with van der Waals surface area (Å²) in [4.78, 5) is 41.5. The van der Waals surface area contributed by atoms with E-state index in [4.69, 9.17) is 16.0 Å². The highest BCUT2D eigenvalue weighted by molar-refractivity contribution is 6.34. The van der Waals surface area contributed by atoms with E-state index in [0.717, 1.165) is 18.9 Å². The second-order valence-electron chi connectivity index (χ2n) is 8.40. The summed E-state index contributed by atoms with van der Waals surface area (Å²) >= 11 is 6.15. The first-order valence-corrected chi connectivity index (χ1v) is 10.9. The van der Waals surface area contributed by atoms with Crippen LogP contribution in [0.3, 0.4) is 0 Å². The molecule has 0 spiro atoms. The molecule has 0 aliphatic carbocycles. The number of hydrogen-bond donors (Lipinski definition) is 1. The SMILES string of the molecule is CC(C)CCNC(=O)c1coc(CN(CCC(C)C)C(=O)c2ccc([N+](=O)[O-])cc2Cl)n1. The Bertz CT molecular complexity index is 958. The van der Waals surface area contributed by atoms with Crippen molar-refractivity contribution in [3.8, 4) is 0 Å². The van der Waals surface area contributed by atoms with E-state index in [0.29, 0.717) is 24.9 Å². The fraction of sp³-hybridized carbons (Fsp3) is 0.500. The molecule has 9 nitrogen and oxygen atoms in total. The van der Waals surface area contributed by atoms with Gasteiger partial charge in [0.15, 0.2) is 5.69 Å². The van der Waals surface area contributed by atoms with Crippen molar-refractivity contribution in [3.63, 3.8) is 0 Å². The van der Waals surface area contributed by atoms with Gasteiger partial charge >= 0.3 is 0 Å². The average Bonchev–Trinajstić information content (AvgIpc) is 3.18. The molecule has 0 unspecified atom stereocenters. The Hall–Kier alpha value is -2.94. The Morgan fingerprint density at radius 2 is 1.91 bits per heavy atom. The van der Waals surface area contributed by atoms with E-state index in [1.165, 1.54) is 23.3 Å². The van der Waals surface area contributed by atoms with Gasteiger partial charge in [-0.15, -0.1) is 0 Å². The number of non-ortho nitro benzene ring substituents is 1. The van der Waals surface area contributed by atoms with E-state index in [1.54, 1.807) is 0 Å². The van der Waals surface area contributed by atoms with Gasteiger partial charge in [0.1, 0.15) is 6.26 Å². The number of hydrogen-bond acceptors (Lipinski definition) is 6. The largest absolute Gasteiger partial charge is 0.446 e. The maximum Gasteiger partial charge on any atom is 0.273 e. The second kappa shape index (κ2) is 11.6. The molecule has 0 fully saturated rings. The third-order valence-electron chi connectivity index (χ3n) is 4.78. The van der Waals surface area contributed by atoms with E-state index in [1.807, 2.05) is 13.8 Å². The van der Waals surface area contributed by atoms with Gasteiger partial charge in [0.05, 0.1) is 22.1 Å². The van der Waals surface area contributed by atoms with Crippen LogP contribution in [0.4, 0.5) is 5.69 Å². The number of nitro groups is 1. The van der Waals surface area contributed by atoms with Gasteiger partial charge in [-0.2, -0.15) is 0 Å². The Labute approximate surface area is 192 Å². The third kappa shape index (κ3) is 7.33. The van der Waals surface area contributed by atoms with Crippen LogP contribution in [-0.2, 0) is 6.54 Å². The molecular formula is C22H29ClN4O5. The Morgan fingerprint density at radius 3 is 2.50 bits per heavy atom. The summed E-state index contributed by atoms with van der Waals surface area (Å²) < 4.78 is 5.43. The maximum atomic E-state index is 13.1. The topological polar surface area (TPSA) is 119 Å². The predicted octanol–water partition coefficient (Wildman–Crippen LogP) is 4.70. The van der Waals surface area contributed by atoms with E-state index < -0.39 is 10.8 Å². The molecule has 1 heterocycles. The summed E-state index contributed by atoms with van der Waals surface area (Å²) in [5.74, 6) is 0.291. The highest BCUT2D eigenvalue weighted by atomic mass is 35.5. The quantitative estimate of drug-likeness (QED) is 0.380. The van der Waals surface area contributed by atoms with Crippen molar-refractivity contribution in [1.82, 2.24) is 15.2 Å². The molecule has 1 aromatic heterocycles. The van der Waals surface area contributed by atoms with Crippen LogP contribution in [0.5, 0.6) is 0 Å². The van der Waals surface area contributed by atoms with Crippen molar-refractivity contribution >= 4 is 29.1 Å². The number of carbonyl (C=O) groups excluding carboxylic acids is 2. The molecule has 2 amide bonds. The third-order valence-corrected chi connectivity index (χ3v) is 5.09.